The molecule has 0 unspecified atom stereocenters. The summed E-state index contributed by atoms with van der Waals surface area (Å²) in [6.07, 6.45) is 0. The first-order chi connectivity index (χ1) is 9.02. The van der Waals surface area contributed by atoms with Crippen molar-refractivity contribution < 1.29 is 0 Å². The fourth-order valence-corrected chi connectivity index (χ4v) is 2.45. The second-order valence-electron chi connectivity index (χ2n) is 4.01. The van der Waals surface area contributed by atoms with Crippen LogP contribution in [0.25, 0.3) is 0 Å². The van der Waals surface area contributed by atoms with E-state index in [1.165, 1.54) is 0 Å². The smallest absolute Gasteiger partial charge is 0.101 e. The normalized spacial score (nSPS) is 10.1. The summed E-state index contributed by atoms with van der Waals surface area (Å²) in [6, 6.07) is 11.3. The quantitative estimate of drug-likeness (QED) is 0.703. The second-order valence-corrected chi connectivity index (χ2v) is 5.62. The molecule has 2 nitrogen and oxygen atoms in total. The van der Waals surface area contributed by atoms with Gasteiger partial charge in [-0.15, -0.1) is 0 Å². The molecule has 0 bridgehead atoms. The Morgan fingerprint density at radius 2 is 1.84 bits per heavy atom. The standard InChI is InChI=1S/C14H9BrCl2N2/c1-8-2-3-9(7-18)12(6-8)19-11-5-4-10(15)13(16)14(11)17/h2-6,19H,1H3. The van der Waals surface area contributed by atoms with Crippen LogP contribution in [0.2, 0.25) is 10.0 Å². The second kappa shape index (κ2) is 5.83. The number of benzene rings is 2. The molecule has 2 rings (SSSR count). The topological polar surface area (TPSA) is 35.8 Å². The van der Waals surface area contributed by atoms with Crippen LogP contribution < -0.4 is 5.32 Å². The van der Waals surface area contributed by atoms with Crippen molar-refractivity contribution in [1.82, 2.24) is 0 Å². The molecule has 0 aromatic heterocycles. The highest BCUT2D eigenvalue weighted by atomic mass is 79.9. The zero-order chi connectivity index (χ0) is 14.0. The maximum Gasteiger partial charge on any atom is 0.101 e. The molecular weight excluding hydrogens is 347 g/mol. The van der Waals surface area contributed by atoms with Crippen molar-refractivity contribution in [3.05, 3.63) is 56.0 Å². The molecule has 0 aliphatic carbocycles. The molecule has 0 atom stereocenters. The Hall–Kier alpha value is -1.21. The van der Waals surface area contributed by atoms with Gasteiger partial charge in [0.25, 0.3) is 0 Å². The number of hydrogen-bond acceptors (Lipinski definition) is 2. The van der Waals surface area contributed by atoms with E-state index >= 15 is 0 Å². The number of rotatable bonds is 2. The van der Waals surface area contributed by atoms with Crippen LogP contribution in [0.15, 0.2) is 34.8 Å². The zero-order valence-electron chi connectivity index (χ0n) is 9.97. The molecule has 2 aromatic carbocycles. The van der Waals surface area contributed by atoms with Gasteiger partial charge in [0.1, 0.15) is 6.07 Å². The molecule has 0 aliphatic heterocycles. The van der Waals surface area contributed by atoms with E-state index in [-0.39, 0.29) is 0 Å². The van der Waals surface area contributed by atoms with E-state index in [1.54, 1.807) is 12.1 Å². The van der Waals surface area contributed by atoms with Gasteiger partial charge in [0, 0.05) is 4.47 Å². The van der Waals surface area contributed by atoms with Crippen molar-refractivity contribution >= 4 is 50.5 Å². The summed E-state index contributed by atoms with van der Waals surface area (Å²) in [7, 11) is 0. The lowest BCUT2D eigenvalue weighted by molar-refractivity contribution is 1.41. The Labute approximate surface area is 130 Å². The van der Waals surface area contributed by atoms with Gasteiger partial charge >= 0.3 is 0 Å². The molecule has 0 saturated carbocycles. The summed E-state index contributed by atoms with van der Waals surface area (Å²) in [5, 5.41) is 13.1. The first-order valence-corrected chi connectivity index (χ1v) is 6.99. The van der Waals surface area contributed by atoms with Crippen LogP contribution in [0.3, 0.4) is 0 Å². The van der Waals surface area contributed by atoms with E-state index in [2.05, 4.69) is 27.3 Å². The molecule has 0 saturated heterocycles. The van der Waals surface area contributed by atoms with Crippen LogP contribution in [0.1, 0.15) is 11.1 Å². The van der Waals surface area contributed by atoms with Crippen molar-refractivity contribution in [2.45, 2.75) is 6.92 Å². The Kier molecular flexibility index (Phi) is 4.36. The average molecular weight is 356 g/mol. The van der Waals surface area contributed by atoms with E-state index < -0.39 is 0 Å². The number of nitrogens with zero attached hydrogens (tertiary/aromatic N) is 1. The Morgan fingerprint density at radius 1 is 1.11 bits per heavy atom. The van der Waals surface area contributed by atoms with E-state index in [4.69, 9.17) is 28.5 Å². The third-order valence-corrected chi connectivity index (χ3v) is 4.37. The lowest BCUT2D eigenvalue weighted by atomic mass is 10.1. The van der Waals surface area contributed by atoms with Crippen molar-refractivity contribution in [2.24, 2.45) is 0 Å². The highest BCUT2D eigenvalue weighted by Gasteiger charge is 2.10. The summed E-state index contributed by atoms with van der Waals surface area (Å²) < 4.78 is 0.731. The molecule has 0 spiro atoms. The van der Waals surface area contributed by atoms with Gasteiger partial charge in [-0.1, -0.05) is 29.3 Å². The van der Waals surface area contributed by atoms with Gasteiger partial charge in [-0.2, -0.15) is 5.26 Å². The minimum absolute atomic E-state index is 0.418. The third kappa shape index (κ3) is 3.03. The van der Waals surface area contributed by atoms with Crippen molar-refractivity contribution in [1.29, 1.82) is 5.26 Å². The molecule has 0 amide bonds. The first-order valence-electron chi connectivity index (χ1n) is 5.44. The van der Waals surface area contributed by atoms with E-state index in [1.807, 2.05) is 25.1 Å². The average Bonchev–Trinajstić information content (AvgIpc) is 2.40. The van der Waals surface area contributed by atoms with E-state index in [9.17, 15) is 0 Å². The van der Waals surface area contributed by atoms with Crippen LogP contribution in [0, 0.1) is 18.3 Å². The molecule has 1 N–H and O–H groups in total. The van der Waals surface area contributed by atoms with E-state index in [0.717, 1.165) is 10.0 Å². The number of aryl methyl sites for hydroxylation is 1. The van der Waals surface area contributed by atoms with Crippen LogP contribution >= 0.6 is 39.1 Å². The summed E-state index contributed by atoms with van der Waals surface area (Å²) in [6.45, 7) is 1.96. The van der Waals surface area contributed by atoms with Crippen LogP contribution in [0.5, 0.6) is 0 Å². The number of anilines is 2. The van der Waals surface area contributed by atoms with Crippen LogP contribution in [-0.4, -0.2) is 0 Å². The minimum Gasteiger partial charge on any atom is -0.353 e. The lowest BCUT2D eigenvalue weighted by Gasteiger charge is -2.12. The molecule has 5 heteroatoms. The Morgan fingerprint density at radius 3 is 2.53 bits per heavy atom. The van der Waals surface area contributed by atoms with Gasteiger partial charge in [-0.25, -0.2) is 0 Å². The van der Waals surface area contributed by atoms with Gasteiger partial charge in [0.2, 0.25) is 0 Å². The summed E-state index contributed by atoms with van der Waals surface area (Å²) in [4.78, 5) is 0. The predicted molar refractivity (Wildman–Crippen MR) is 83.3 cm³/mol. The molecule has 0 heterocycles. The van der Waals surface area contributed by atoms with Crippen LogP contribution in [0.4, 0.5) is 11.4 Å². The fourth-order valence-electron chi connectivity index (χ4n) is 1.63. The summed E-state index contributed by atoms with van der Waals surface area (Å²) >= 11 is 15.6. The molecule has 0 radical (unpaired) electrons. The van der Waals surface area contributed by atoms with Gasteiger partial charge in [-0.3, -0.25) is 0 Å². The van der Waals surface area contributed by atoms with Crippen molar-refractivity contribution in [2.75, 3.05) is 5.32 Å². The third-order valence-electron chi connectivity index (χ3n) is 2.60. The predicted octanol–water partition coefficient (Wildman–Crippen LogP) is 5.68. The van der Waals surface area contributed by atoms with Gasteiger partial charge < -0.3 is 5.32 Å². The number of halogens is 3. The molecule has 2 aromatic rings. The highest BCUT2D eigenvalue weighted by Crippen LogP contribution is 2.37. The van der Waals surface area contributed by atoms with Crippen LogP contribution in [-0.2, 0) is 0 Å². The van der Waals surface area contributed by atoms with Gasteiger partial charge in [0.15, 0.2) is 0 Å². The van der Waals surface area contributed by atoms with E-state index in [0.29, 0.717) is 27.0 Å². The molecular formula is C14H9BrCl2N2. The zero-order valence-corrected chi connectivity index (χ0v) is 13.1. The van der Waals surface area contributed by atoms with Gasteiger partial charge in [-0.05, 0) is 52.7 Å². The van der Waals surface area contributed by atoms with Gasteiger partial charge in [0.05, 0.1) is 27.0 Å². The summed E-state index contributed by atoms with van der Waals surface area (Å²) in [5.74, 6) is 0. The monoisotopic (exact) mass is 354 g/mol. The Balaban J connectivity index is 2.45. The Bertz CT molecular complexity index is 678. The fraction of sp³-hybridized carbons (Fsp3) is 0.0714. The maximum atomic E-state index is 9.10. The van der Waals surface area contributed by atoms with Crippen molar-refractivity contribution in [3.63, 3.8) is 0 Å². The highest BCUT2D eigenvalue weighted by molar-refractivity contribution is 9.10. The number of hydrogen-bond donors (Lipinski definition) is 1. The molecule has 0 aliphatic rings. The lowest BCUT2D eigenvalue weighted by Crippen LogP contribution is -1.95. The number of nitriles is 1. The largest absolute Gasteiger partial charge is 0.353 e. The maximum absolute atomic E-state index is 9.10. The molecule has 96 valence electrons. The first kappa shape index (κ1) is 14.2. The molecule has 0 fully saturated rings. The SMILES string of the molecule is Cc1ccc(C#N)c(Nc2ccc(Br)c(Cl)c2Cl)c1. The number of nitrogens with one attached hydrogen (secondary N) is 1. The van der Waals surface area contributed by atoms with Crippen molar-refractivity contribution in [3.8, 4) is 6.07 Å². The molecule has 19 heavy (non-hydrogen) atoms. The summed E-state index contributed by atoms with van der Waals surface area (Å²) in [5.41, 5.74) is 2.99. The minimum atomic E-state index is 0.418.